The van der Waals surface area contributed by atoms with Gasteiger partial charge in [0.1, 0.15) is 17.3 Å². The zero-order chi connectivity index (χ0) is 28.5. The fourth-order valence-electron chi connectivity index (χ4n) is 5.14. The molecule has 39 heavy (non-hydrogen) atoms. The number of carbonyl (C=O) groups excluding carboxylic acids is 1. The summed E-state index contributed by atoms with van der Waals surface area (Å²) in [6.07, 6.45) is -3.75. The maximum Gasteiger partial charge on any atom is 0.416 e. The van der Waals surface area contributed by atoms with E-state index in [0.29, 0.717) is 41.9 Å². The molecule has 1 aliphatic heterocycles. The molecule has 1 fully saturated rings. The molecule has 1 N–H and O–H groups in total. The number of fused-ring (bicyclic) bond motifs is 1. The Bertz CT molecular complexity index is 1460. The number of hydrogen-bond donors (Lipinski definition) is 1. The third kappa shape index (κ3) is 5.73. The topological polar surface area (TPSA) is 107 Å². The number of piperazine rings is 1. The van der Waals surface area contributed by atoms with Crippen LogP contribution in [0.4, 0.5) is 19.0 Å². The molecule has 0 radical (unpaired) electrons. The van der Waals surface area contributed by atoms with Gasteiger partial charge in [-0.05, 0) is 43.2 Å². The lowest BCUT2D eigenvalue weighted by molar-refractivity contribution is -0.137. The Labute approximate surface area is 223 Å². The summed E-state index contributed by atoms with van der Waals surface area (Å²) >= 11 is 0. The highest BCUT2D eigenvalue weighted by molar-refractivity contribution is 5.86. The average Bonchev–Trinajstić information content (AvgIpc) is 2.90. The van der Waals surface area contributed by atoms with Crippen molar-refractivity contribution in [3.05, 3.63) is 63.7 Å². The molecule has 3 heterocycles. The number of pyridine rings is 1. The second-order valence-electron chi connectivity index (χ2n) is 9.79. The second kappa shape index (κ2) is 11.0. The van der Waals surface area contributed by atoms with E-state index in [1.54, 1.807) is 19.2 Å². The number of halogens is 3. The van der Waals surface area contributed by atoms with E-state index in [9.17, 15) is 28.0 Å². The van der Waals surface area contributed by atoms with Crippen molar-refractivity contribution in [2.75, 3.05) is 24.5 Å². The number of rotatable bonds is 6. The minimum Gasteiger partial charge on any atom is -0.354 e. The Morgan fingerprint density at radius 2 is 1.87 bits per heavy atom. The van der Waals surface area contributed by atoms with Crippen LogP contribution in [-0.2, 0) is 18.0 Å². The van der Waals surface area contributed by atoms with Crippen LogP contribution in [0.3, 0.4) is 0 Å². The zero-order valence-electron chi connectivity index (χ0n) is 22.2. The number of anilines is 1. The van der Waals surface area contributed by atoms with Crippen molar-refractivity contribution < 1.29 is 18.0 Å². The number of aromatic nitrogens is 3. The maximum absolute atomic E-state index is 13.2. The summed E-state index contributed by atoms with van der Waals surface area (Å²) in [5.74, 6) is 0.158. The summed E-state index contributed by atoms with van der Waals surface area (Å²) in [6, 6.07) is 9.69. The van der Waals surface area contributed by atoms with Gasteiger partial charge in [0.25, 0.3) is 0 Å². The molecule has 0 saturated carbocycles. The van der Waals surface area contributed by atoms with Crippen LogP contribution >= 0.6 is 0 Å². The number of alkyl halides is 3. The van der Waals surface area contributed by atoms with Gasteiger partial charge in [0.2, 0.25) is 5.91 Å². The van der Waals surface area contributed by atoms with E-state index in [4.69, 9.17) is 0 Å². The molecule has 2 unspecified atom stereocenters. The Morgan fingerprint density at radius 1 is 1.18 bits per heavy atom. The number of nitriles is 1. The molecule has 1 amide bonds. The first-order chi connectivity index (χ1) is 18.4. The zero-order valence-corrected chi connectivity index (χ0v) is 22.2. The maximum atomic E-state index is 13.2. The fourth-order valence-corrected chi connectivity index (χ4v) is 5.14. The van der Waals surface area contributed by atoms with Crippen molar-refractivity contribution in [1.29, 1.82) is 5.26 Å². The van der Waals surface area contributed by atoms with Crippen molar-refractivity contribution in [2.45, 2.75) is 51.5 Å². The van der Waals surface area contributed by atoms with Gasteiger partial charge in [0.15, 0.2) is 5.82 Å². The first-order valence-electron chi connectivity index (χ1n) is 12.7. The largest absolute Gasteiger partial charge is 0.416 e. The number of aryl methyl sites for hydroxylation is 1. The third-order valence-electron chi connectivity index (χ3n) is 7.24. The SMILES string of the molecule is CC[C@@H]1CN(c2nc(=O)n(C)c3ccc(C#N)nc23)C(C)CN1C(CNC(C)=O)c1ccc(C(F)(F)F)cc1. The molecule has 0 bridgehead atoms. The lowest BCUT2D eigenvalue weighted by Crippen LogP contribution is -2.59. The van der Waals surface area contributed by atoms with E-state index in [0.717, 1.165) is 12.1 Å². The van der Waals surface area contributed by atoms with Crippen molar-refractivity contribution in [3.8, 4) is 6.07 Å². The Kier molecular flexibility index (Phi) is 7.92. The van der Waals surface area contributed by atoms with Crippen LogP contribution in [0, 0.1) is 11.3 Å². The van der Waals surface area contributed by atoms with E-state index >= 15 is 0 Å². The van der Waals surface area contributed by atoms with Gasteiger partial charge in [-0.15, -0.1) is 0 Å². The first kappa shape index (κ1) is 28.0. The van der Waals surface area contributed by atoms with Crippen molar-refractivity contribution in [3.63, 3.8) is 0 Å². The van der Waals surface area contributed by atoms with Crippen LogP contribution in [0.2, 0.25) is 0 Å². The van der Waals surface area contributed by atoms with Crippen LogP contribution < -0.4 is 15.9 Å². The Balaban J connectivity index is 1.72. The van der Waals surface area contributed by atoms with E-state index in [1.807, 2.05) is 24.8 Å². The van der Waals surface area contributed by atoms with Gasteiger partial charge < -0.3 is 10.2 Å². The van der Waals surface area contributed by atoms with Gasteiger partial charge >= 0.3 is 11.9 Å². The highest BCUT2D eigenvalue weighted by atomic mass is 19.4. The lowest BCUT2D eigenvalue weighted by atomic mass is 9.96. The molecule has 0 spiro atoms. The van der Waals surface area contributed by atoms with Crippen molar-refractivity contribution in [2.24, 2.45) is 7.05 Å². The minimum atomic E-state index is -4.44. The highest BCUT2D eigenvalue weighted by Gasteiger charge is 2.37. The molecule has 3 aromatic rings. The van der Waals surface area contributed by atoms with Crippen LogP contribution in [0.15, 0.2) is 41.2 Å². The molecule has 1 aromatic carbocycles. The summed E-state index contributed by atoms with van der Waals surface area (Å²) in [5.41, 5.74) is 0.694. The van der Waals surface area contributed by atoms with E-state index in [-0.39, 0.29) is 36.3 Å². The molecule has 9 nitrogen and oxygen atoms in total. The number of hydrogen-bond acceptors (Lipinski definition) is 7. The average molecular weight is 542 g/mol. The Hall–Kier alpha value is -3.98. The second-order valence-corrected chi connectivity index (χ2v) is 9.79. The van der Waals surface area contributed by atoms with Crippen LogP contribution in [0.1, 0.15) is 50.1 Å². The Morgan fingerprint density at radius 3 is 2.46 bits per heavy atom. The molecular weight excluding hydrogens is 511 g/mol. The highest BCUT2D eigenvalue weighted by Crippen LogP contribution is 2.34. The number of benzene rings is 1. The molecule has 0 aliphatic carbocycles. The lowest BCUT2D eigenvalue weighted by Gasteiger charge is -2.49. The number of nitrogens with one attached hydrogen (secondary N) is 1. The molecule has 1 aliphatic rings. The normalized spacial score (nSPS) is 19.1. The van der Waals surface area contributed by atoms with Gasteiger partial charge in [0.05, 0.1) is 17.1 Å². The summed E-state index contributed by atoms with van der Waals surface area (Å²) in [6.45, 7) is 6.56. The van der Waals surface area contributed by atoms with Gasteiger partial charge in [-0.1, -0.05) is 19.1 Å². The third-order valence-corrected chi connectivity index (χ3v) is 7.24. The monoisotopic (exact) mass is 541 g/mol. The number of amides is 1. The van der Waals surface area contributed by atoms with Gasteiger partial charge in [0, 0.05) is 45.7 Å². The molecule has 206 valence electrons. The van der Waals surface area contributed by atoms with Crippen LogP contribution in [-0.4, -0.2) is 57.1 Å². The quantitative estimate of drug-likeness (QED) is 0.510. The van der Waals surface area contributed by atoms with Crippen LogP contribution in [0.5, 0.6) is 0 Å². The number of carbonyl (C=O) groups is 1. The van der Waals surface area contributed by atoms with E-state index < -0.39 is 17.4 Å². The molecule has 1 saturated heterocycles. The standard InChI is InChI=1S/C27H30F3N7O2/c1-5-21-15-36(25-24-22(35(4)26(39)34-25)11-10-20(12-31)33-24)16(2)14-37(21)23(13-32-17(3)38)18-6-8-19(9-7-18)27(28,29)30/h6-11,16,21,23H,5,13-15H2,1-4H3,(H,32,38)/t16?,21-,23?/m1/s1. The smallest absolute Gasteiger partial charge is 0.354 e. The molecule has 4 rings (SSSR count). The summed E-state index contributed by atoms with van der Waals surface area (Å²) in [7, 11) is 1.60. The van der Waals surface area contributed by atoms with E-state index in [1.165, 1.54) is 23.6 Å². The molecule has 3 atom stereocenters. The number of nitrogens with zero attached hydrogens (tertiary/aromatic N) is 6. The van der Waals surface area contributed by atoms with Crippen LogP contribution in [0.25, 0.3) is 11.0 Å². The van der Waals surface area contributed by atoms with Gasteiger partial charge in [-0.3, -0.25) is 14.3 Å². The van der Waals surface area contributed by atoms with Crippen molar-refractivity contribution >= 4 is 22.8 Å². The predicted octanol–water partition coefficient (Wildman–Crippen LogP) is 3.39. The summed E-state index contributed by atoms with van der Waals surface area (Å²) in [4.78, 5) is 37.5. The van der Waals surface area contributed by atoms with Gasteiger partial charge in [-0.2, -0.15) is 23.4 Å². The molecular formula is C27H30F3N7O2. The molecule has 2 aromatic heterocycles. The minimum absolute atomic E-state index is 0.0812. The summed E-state index contributed by atoms with van der Waals surface area (Å²) < 4.78 is 41.0. The summed E-state index contributed by atoms with van der Waals surface area (Å²) in [5, 5.41) is 12.2. The first-order valence-corrected chi connectivity index (χ1v) is 12.7. The van der Waals surface area contributed by atoms with Gasteiger partial charge in [-0.25, -0.2) is 9.78 Å². The van der Waals surface area contributed by atoms with E-state index in [2.05, 4.69) is 20.2 Å². The predicted molar refractivity (Wildman–Crippen MR) is 140 cm³/mol. The molecule has 12 heteroatoms. The fraction of sp³-hybridized carbons (Fsp3) is 0.444. The van der Waals surface area contributed by atoms with Crippen molar-refractivity contribution in [1.82, 2.24) is 24.8 Å².